The molecule has 8 aromatic carbocycles. The summed E-state index contributed by atoms with van der Waals surface area (Å²) in [6.07, 6.45) is 0. The van der Waals surface area contributed by atoms with E-state index >= 15 is 0 Å². The molecule has 4 heteroatoms. The Balaban J connectivity index is 1.09. The molecule has 3 aromatic heterocycles. The van der Waals surface area contributed by atoms with Gasteiger partial charge in [-0.05, 0) is 84.4 Å². The van der Waals surface area contributed by atoms with E-state index in [0.717, 1.165) is 50.3 Å². The van der Waals surface area contributed by atoms with Crippen LogP contribution < -0.4 is 0 Å². The van der Waals surface area contributed by atoms with E-state index in [-0.39, 0.29) is 0 Å². The Morgan fingerprint density at radius 1 is 0.396 bits per heavy atom. The topological polar surface area (TPSA) is 35.6 Å². The summed E-state index contributed by atoms with van der Waals surface area (Å²) in [7, 11) is 0. The van der Waals surface area contributed by atoms with Crippen LogP contribution in [0.4, 0.5) is 0 Å². The molecule has 248 valence electrons. The van der Waals surface area contributed by atoms with Crippen LogP contribution in [-0.2, 0) is 0 Å². The van der Waals surface area contributed by atoms with Crippen molar-refractivity contribution >= 4 is 65.3 Å². The van der Waals surface area contributed by atoms with Crippen LogP contribution in [0.3, 0.4) is 0 Å². The highest BCUT2D eigenvalue weighted by molar-refractivity contribution is 6.29. The van der Waals surface area contributed by atoms with Gasteiger partial charge in [0.15, 0.2) is 5.82 Å². The predicted molar refractivity (Wildman–Crippen MR) is 221 cm³/mol. The largest absolute Gasteiger partial charge is 0.309 e. The number of nitrogens with zero attached hydrogens (tertiary/aromatic N) is 4. The fourth-order valence-corrected chi connectivity index (χ4v) is 8.38. The van der Waals surface area contributed by atoms with Crippen molar-refractivity contribution in [3.63, 3.8) is 0 Å². The molecule has 0 saturated carbocycles. The van der Waals surface area contributed by atoms with Crippen molar-refractivity contribution in [1.82, 2.24) is 19.1 Å². The minimum absolute atomic E-state index is 0.729. The highest BCUT2D eigenvalue weighted by Gasteiger charge is 2.20. The normalized spacial score (nSPS) is 11.9. The zero-order chi connectivity index (χ0) is 35.0. The number of hydrogen-bond acceptors (Lipinski definition) is 2. The lowest BCUT2D eigenvalue weighted by Crippen LogP contribution is -1.96. The second-order valence-corrected chi connectivity index (χ2v) is 13.9. The molecule has 3 heterocycles. The molecule has 0 amide bonds. The average Bonchev–Trinajstić information content (AvgIpc) is 3.73. The minimum atomic E-state index is 0.729. The Morgan fingerprint density at radius 2 is 1.02 bits per heavy atom. The first-order valence-corrected chi connectivity index (χ1v) is 18.1. The van der Waals surface area contributed by atoms with Crippen molar-refractivity contribution in [3.8, 4) is 34.0 Å². The van der Waals surface area contributed by atoms with E-state index in [2.05, 4.69) is 186 Å². The van der Waals surface area contributed by atoms with Crippen LogP contribution in [0.25, 0.3) is 99.3 Å². The first-order valence-electron chi connectivity index (χ1n) is 18.1. The summed E-state index contributed by atoms with van der Waals surface area (Å²) in [4.78, 5) is 10.2. The van der Waals surface area contributed by atoms with E-state index in [1.54, 1.807) is 0 Å². The Kier molecular flexibility index (Phi) is 6.43. The average molecular weight is 677 g/mol. The third kappa shape index (κ3) is 4.56. The van der Waals surface area contributed by atoms with Crippen LogP contribution in [0.5, 0.6) is 0 Å². The molecular weight excluding hydrogens is 645 g/mol. The van der Waals surface area contributed by atoms with E-state index in [0.29, 0.717) is 0 Å². The van der Waals surface area contributed by atoms with Crippen molar-refractivity contribution in [2.75, 3.05) is 0 Å². The van der Waals surface area contributed by atoms with Gasteiger partial charge in [-0.25, -0.2) is 9.97 Å². The lowest BCUT2D eigenvalue weighted by molar-refractivity contribution is 1.17. The first kappa shape index (κ1) is 29.7. The Morgan fingerprint density at radius 3 is 1.75 bits per heavy atom. The number of fused-ring (bicyclic) bond motifs is 9. The maximum atomic E-state index is 5.17. The molecular formula is C49H32N4. The molecule has 0 bridgehead atoms. The summed E-state index contributed by atoms with van der Waals surface area (Å²) in [5, 5.41) is 8.43. The Hall–Kier alpha value is -7.04. The number of para-hydroxylation sites is 4. The second-order valence-electron chi connectivity index (χ2n) is 13.9. The van der Waals surface area contributed by atoms with Gasteiger partial charge in [-0.15, -0.1) is 0 Å². The van der Waals surface area contributed by atoms with E-state index in [9.17, 15) is 0 Å². The van der Waals surface area contributed by atoms with Crippen molar-refractivity contribution in [1.29, 1.82) is 0 Å². The number of hydrogen-bond donors (Lipinski definition) is 0. The van der Waals surface area contributed by atoms with Crippen LogP contribution >= 0.6 is 0 Å². The minimum Gasteiger partial charge on any atom is -0.309 e. The summed E-state index contributed by atoms with van der Waals surface area (Å²) in [5.74, 6) is 0.729. The summed E-state index contributed by atoms with van der Waals surface area (Å²) in [5.41, 5.74) is 12.3. The molecule has 0 aliphatic heterocycles. The van der Waals surface area contributed by atoms with Gasteiger partial charge >= 0.3 is 0 Å². The van der Waals surface area contributed by atoms with Crippen molar-refractivity contribution in [2.45, 2.75) is 6.92 Å². The quantitative estimate of drug-likeness (QED) is 0.186. The van der Waals surface area contributed by atoms with Crippen LogP contribution in [0, 0.1) is 6.92 Å². The highest BCUT2D eigenvalue weighted by atomic mass is 15.0. The SMILES string of the molecule is Cc1cccc(-c2nc(-c3ccc4cc(-n5c6ccccc6c6c7c8ccccc8n(-c8ccccc8)c7ccc65)ccc4c3)nc3ccccc23)c1. The van der Waals surface area contributed by atoms with Gasteiger partial charge in [-0.1, -0.05) is 115 Å². The standard InChI is InChI=1S/C49H32N4/c1-31-12-11-13-34(28-31)48-38-16-5-8-19-41(38)50-49(51-48)35-23-22-33-30-37(25-24-32(33)29-35)53-43-21-10-7-18-40(43)47-45(53)27-26-44-46(47)39-17-6-9-20-42(39)52(44)36-14-3-2-4-15-36/h2-30H,1H3. The van der Waals surface area contributed by atoms with Gasteiger partial charge < -0.3 is 9.13 Å². The Labute approximate surface area is 305 Å². The predicted octanol–water partition coefficient (Wildman–Crippen LogP) is 12.6. The molecule has 0 saturated heterocycles. The fraction of sp³-hybridized carbons (Fsp3) is 0.0204. The molecule has 0 N–H and O–H groups in total. The maximum Gasteiger partial charge on any atom is 0.160 e. The lowest BCUT2D eigenvalue weighted by Gasteiger charge is -2.12. The fourth-order valence-electron chi connectivity index (χ4n) is 8.38. The molecule has 0 unspecified atom stereocenters. The molecule has 4 nitrogen and oxygen atoms in total. The molecule has 0 aliphatic carbocycles. The molecule has 0 fully saturated rings. The van der Waals surface area contributed by atoms with Crippen LogP contribution in [0.1, 0.15) is 5.56 Å². The smallest absolute Gasteiger partial charge is 0.160 e. The van der Waals surface area contributed by atoms with Gasteiger partial charge in [0.1, 0.15) is 0 Å². The zero-order valence-electron chi connectivity index (χ0n) is 29.0. The molecule has 0 spiro atoms. The van der Waals surface area contributed by atoms with E-state index in [1.807, 2.05) is 6.07 Å². The van der Waals surface area contributed by atoms with Crippen molar-refractivity contribution < 1.29 is 0 Å². The lowest BCUT2D eigenvalue weighted by atomic mass is 10.0. The van der Waals surface area contributed by atoms with Gasteiger partial charge in [-0.3, -0.25) is 0 Å². The summed E-state index contributed by atoms with van der Waals surface area (Å²) in [6, 6.07) is 63.1. The summed E-state index contributed by atoms with van der Waals surface area (Å²) in [6.45, 7) is 2.12. The van der Waals surface area contributed by atoms with Gasteiger partial charge in [0, 0.05) is 49.4 Å². The number of benzene rings is 8. The molecule has 0 atom stereocenters. The zero-order valence-corrected chi connectivity index (χ0v) is 29.0. The second kappa shape index (κ2) is 11.5. The monoisotopic (exact) mass is 676 g/mol. The van der Waals surface area contributed by atoms with Gasteiger partial charge in [-0.2, -0.15) is 0 Å². The van der Waals surface area contributed by atoms with Crippen LogP contribution in [0.2, 0.25) is 0 Å². The van der Waals surface area contributed by atoms with E-state index in [4.69, 9.17) is 9.97 Å². The highest BCUT2D eigenvalue weighted by Crippen LogP contribution is 2.42. The maximum absolute atomic E-state index is 5.17. The Bertz CT molecular complexity index is 3240. The molecule has 53 heavy (non-hydrogen) atoms. The molecule has 0 aliphatic rings. The van der Waals surface area contributed by atoms with E-state index < -0.39 is 0 Å². The molecule has 11 rings (SSSR count). The van der Waals surface area contributed by atoms with Crippen molar-refractivity contribution in [3.05, 3.63) is 181 Å². The number of aromatic nitrogens is 4. The van der Waals surface area contributed by atoms with Gasteiger partial charge in [0.25, 0.3) is 0 Å². The number of rotatable bonds is 4. The number of aryl methyl sites for hydroxylation is 1. The van der Waals surface area contributed by atoms with Crippen LogP contribution in [0.15, 0.2) is 176 Å². The van der Waals surface area contributed by atoms with Gasteiger partial charge in [0.2, 0.25) is 0 Å². The first-order chi connectivity index (χ1) is 26.2. The third-order valence-corrected chi connectivity index (χ3v) is 10.7. The van der Waals surface area contributed by atoms with Crippen molar-refractivity contribution in [2.24, 2.45) is 0 Å². The molecule has 11 aromatic rings. The summed E-state index contributed by atoms with van der Waals surface area (Å²) < 4.78 is 4.82. The van der Waals surface area contributed by atoms with Crippen LogP contribution in [-0.4, -0.2) is 19.1 Å². The van der Waals surface area contributed by atoms with E-state index in [1.165, 1.54) is 54.6 Å². The third-order valence-electron chi connectivity index (χ3n) is 10.7. The molecule has 0 radical (unpaired) electrons. The summed E-state index contributed by atoms with van der Waals surface area (Å²) >= 11 is 0. The van der Waals surface area contributed by atoms with Gasteiger partial charge in [0.05, 0.1) is 33.3 Å².